The number of quaternary nitrogens is 1. The zero-order valence-electron chi connectivity index (χ0n) is 17.8. The first-order valence-corrected chi connectivity index (χ1v) is 10.4. The van der Waals surface area contributed by atoms with Crippen LogP contribution in [-0.2, 0) is 13.0 Å². The summed E-state index contributed by atoms with van der Waals surface area (Å²) in [6, 6.07) is 28.2. The van der Waals surface area contributed by atoms with E-state index in [9.17, 15) is 0 Å². The molecule has 0 spiro atoms. The second kappa shape index (κ2) is 10.7. The summed E-state index contributed by atoms with van der Waals surface area (Å²) in [5.74, 6) is 1.43. The Morgan fingerprint density at radius 3 is 2.14 bits per heavy atom. The first-order valence-electron chi connectivity index (χ1n) is 10.4. The lowest BCUT2D eigenvalue weighted by molar-refractivity contribution is -0.671. The molecule has 0 unspecified atom stereocenters. The van der Waals surface area contributed by atoms with E-state index in [0.29, 0.717) is 5.92 Å². The Morgan fingerprint density at radius 1 is 0.828 bits per heavy atom. The maximum atomic E-state index is 5.33. The molecule has 0 bridgehead atoms. The third-order valence-electron chi connectivity index (χ3n) is 5.46. The summed E-state index contributed by atoms with van der Waals surface area (Å²) in [5.41, 5.74) is 5.40. The van der Waals surface area contributed by atoms with Gasteiger partial charge in [-0.3, -0.25) is 0 Å². The first kappa shape index (κ1) is 20.9. The van der Waals surface area contributed by atoms with Gasteiger partial charge >= 0.3 is 0 Å². The van der Waals surface area contributed by atoms with E-state index in [0.717, 1.165) is 31.7 Å². The Bertz CT molecular complexity index is 842. The van der Waals surface area contributed by atoms with E-state index in [1.165, 1.54) is 22.4 Å². The summed E-state index contributed by atoms with van der Waals surface area (Å²) < 4.78 is 5.33. The van der Waals surface area contributed by atoms with E-state index in [1.807, 2.05) is 0 Å². The number of ether oxygens (including phenoxy) is 1. The summed E-state index contributed by atoms with van der Waals surface area (Å²) in [4.78, 5) is 2.14. The third-order valence-corrected chi connectivity index (χ3v) is 5.46. The van der Waals surface area contributed by atoms with Crippen LogP contribution < -0.4 is 15.0 Å². The van der Waals surface area contributed by atoms with Gasteiger partial charge in [-0.05, 0) is 47.7 Å². The summed E-state index contributed by atoms with van der Waals surface area (Å²) in [6.07, 6.45) is 2.22. The quantitative estimate of drug-likeness (QED) is 0.526. The molecule has 0 fully saturated rings. The average Bonchev–Trinajstić information content (AvgIpc) is 2.77. The normalized spacial score (nSPS) is 11.8. The third kappa shape index (κ3) is 6.37. The van der Waals surface area contributed by atoms with Crippen LogP contribution in [0.15, 0.2) is 78.9 Å². The molecule has 3 nitrogen and oxygen atoms in total. The van der Waals surface area contributed by atoms with Gasteiger partial charge in [0.25, 0.3) is 0 Å². The van der Waals surface area contributed by atoms with Crippen LogP contribution in [0.4, 0.5) is 5.69 Å². The predicted octanol–water partition coefficient (Wildman–Crippen LogP) is 4.24. The highest BCUT2D eigenvalue weighted by Gasteiger charge is 2.14. The minimum atomic E-state index is 0.510. The fourth-order valence-corrected chi connectivity index (χ4v) is 3.68. The van der Waals surface area contributed by atoms with Gasteiger partial charge in [-0.15, -0.1) is 0 Å². The number of nitrogens with two attached hydrogens (primary N) is 1. The standard InChI is InChI=1S/C26H32N2O/c1-28(2)25-13-9-22(10-14-25)20-27-18-17-24(19-21-7-5-4-6-8-21)23-11-15-26(29-3)16-12-23/h4-16,24,27H,17-20H2,1-3H3/p+1/t24-/m1/s1. The lowest BCUT2D eigenvalue weighted by atomic mass is 9.89. The zero-order chi connectivity index (χ0) is 20.5. The van der Waals surface area contributed by atoms with Crippen molar-refractivity contribution in [3.05, 3.63) is 95.6 Å². The van der Waals surface area contributed by atoms with Crippen LogP contribution in [0.2, 0.25) is 0 Å². The fraction of sp³-hybridized carbons (Fsp3) is 0.308. The molecule has 3 heteroatoms. The Balaban J connectivity index is 1.58. The monoisotopic (exact) mass is 389 g/mol. The number of hydrogen-bond donors (Lipinski definition) is 1. The van der Waals surface area contributed by atoms with Crippen LogP contribution in [0.5, 0.6) is 5.75 Å². The van der Waals surface area contributed by atoms with Gasteiger partial charge in [0, 0.05) is 31.8 Å². The van der Waals surface area contributed by atoms with Crippen molar-refractivity contribution in [2.75, 3.05) is 32.6 Å². The van der Waals surface area contributed by atoms with E-state index in [4.69, 9.17) is 4.74 Å². The second-order valence-electron chi connectivity index (χ2n) is 7.79. The molecular formula is C26H33N2O+. The SMILES string of the molecule is COc1ccc([C@H](CC[NH2+]Cc2ccc(N(C)C)cc2)Cc2ccccc2)cc1. The van der Waals surface area contributed by atoms with Crippen molar-refractivity contribution in [1.82, 2.24) is 0 Å². The maximum Gasteiger partial charge on any atom is 0.118 e. The lowest BCUT2D eigenvalue weighted by Gasteiger charge is -2.18. The summed E-state index contributed by atoms with van der Waals surface area (Å²) in [5, 5.41) is 2.42. The van der Waals surface area contributed by atoms with E-state index < -0.39 is 0 Å². The van der Waals surface area contributed by atoms with Gasteiger partial charge in [-0.25, -0.2) is 0 Å². The molecule has 0 aliphatic rings. The minimum Gasteiger partial charge on any atom is -0.497 e. The molecule has 152 valence electrons. The Morgan fingerprint density at radius 2 is 1.52 bits per heavy atom. The zero-order valence-corrected chi connectivity index (χ0v) is 17.8. The van der Waals surface area contributed by atoms with E-state index >= 15 is 0 Å². The van der Waals surface area contributed by atoms with Crippen molar-refractivity contribution in [3.63, 3.8) is 0 Å². The molecule has 0 radical (unpaired) electrons. The highest BCUT2D eigenvalue weighted by molar-refractivity contribution is 5.45. The molecule has 0 aliphatic heterocycles. The first-order chi connectivity index (χ1) is 14.2. The molecule has 3 aromatic carbocycles. The summed E-state index contributed by atoms with van der Waals surface area (Å²) in [7, 11) is 5.87. The summed E-state index contributed by atoms with van der Waals surface area (Å²) in [6.45, 7) is 2.13. The second-order valence-corrected chi connectivity index (χ2v) is 7.79. The number of benzene rings is 3. The van der Waals surface area contributed by atoms with Crippen LogP contribution in [-0.4, -0.2) is 27.7 Å². The molecule has 0 heterocycles. The molecule has 0 saturated heterocycles. The van der Waals surface area contributed by atoms with Crippen molar-refractivity contribution in [2.24, 2.45) is 0 Å². The molecule has 3 aromatic rings. The van der Waals surface area contributed by atoms with Crippen molar-refractivity contribution in [3.8, 4) is 5.75 Å². The van der Waals surface area contributed by atoms with Crippen molar-refractivity contribution < 1.29 is 10.1 Å². The lowest BCUT2D eigenvalue weighted by Crippen LogP contribution is -2.82. The Kier molecular flexibility index (Phi) is 7.71. The topological polar surface area (TPSA) is 29.1 Å². The van der Waals surface area contributed by atoms with E-state index in [1.54, 1.807) is 7.11 Å². The number of methoxy groups -OCH3 is 1. The van der Waals surface area contributed by atoms with Gasteiger partial charge in [-0.2, -0.15) is 0 Å². The molecule has 0 amide bonds. The minimum absolute atomic E-state index is 0.510. The van der Waals surface area contributed by atoms with E-state index in [-0.39, 0.29) is 0 Å². The van der Waals surface area contributed by atoms with Gasteiger partial charge in [-0.1, -0.05) is 54.6 Å². The number of rotatable bonds is 10. The van der Waals surface area contributed by atoms with Crippen LogP contribution in [0, 0.1) is 0 Å². The molecule has 0 saturated carbocycles. The number of nitrogens with zero attached hydrogens (tertiary/aromatic N) is 1. The van der Waals surface area contributed by atoms with Crippen LogP contribution in [0.1, 0.15) is 29.0 Å². The van der Waals surface area contributed by atoms with Crippen LogP contribution >= 0.6 is 0 Å². The molecular weight excluding hydrogens is 356 g/mol. The molecule has 0 aliphatic carbocycles. The number of hydrogen-bond acceptors (Lipinski definition) is 2. The fourth-order valence-electron chi connectivity index (χ4n) is 3.68. The predicted molar refractivity (Wildman–Crippen MR) is 122 cm³/mol. The molecule has 2 N–H and O–H groups in total. The van der Waals surface area contributed by atoms with E-state index in [2.05, 4.69) is 103 Å². The van der Waals surface area contributed by atoms with Gasteiger partial charge in [0.05, 0.1) is 13.7 Å². The molecule has 0 aromatic heterocycles. The largest absolute Gasteiger partial charge is 0.497 e. The smallest absolute Gasteiger partial charge is 0.118 e. The maximum absolute atomic E-state index is 5.33. The number of anilines is 1. The van der Waals surface area contributed by atoms with Gasteiger partial charge in [0.15, 0.2) is 0 Å². The van der Waals surface area contributed by atoms with Crippen LogP contribution in [0.3, 0.4) is 0 Å². The Hall–Kier alpha value is -2.78. The highest BCUT2D eigenvalue weighted by atomic mass is 16.5. The highest BCUT2D eigenvalue weighted by Crippen LogP contribution is 2.25. The van der Waals surface area contributed by atoms with Crippen LogP contribution in [0.25, 0.3) is 0 Å². The summed E-state index contributed by atoms with van der Waals surface area (Å²) >= 11 is 0. The van der Waals surface area contributed by atoms with Gasteiger partial charge < -0.3 is 15.0 Å². The Labute approximate surface area is 175 Å². The van der Waals surface area contributed by atoms with Crippen molar-refractivity contribution in [2.45, 2.75) is 25.3 Å². The molecule has 1 atom stereocenters. The van der Waals surface area contributed by atoms with Gasteiger partial charge in [0.1, 0.15) is 12.3 Å². The van der Waals surface area contributed by atoms with Gasteiger partial charge in [0.2, 0.25) is 0 Å². The average molecular weight is 390 g/mol. The molecule has 3 rings (SSSR count). The van der Waals surface area contributed by atoms with Crippen molar-refractivity contribution in [1.29, 1.82) is 0 Å². The van der Waals surface area contributed by atoms with Crippen molar-refractivity contribution >= 4 is 5.69 Å². The molecule has 29 heavy (non-hydrogen) atoms.